The van der Waals surface area contributed by atoms with E-state index in [0.717, 1.165) is 24.3 Å². The van der Waals surface area contributed by atoms with Crippen LogP contribution in [0.3, 0.4) is 0 Å². The molecular formula is C19H20ClN3O2. The number of anilines is 3. The molecule has 2 N–H and O–H groups in total. The van der Waals surface area contributed by atoms with Gasteiger partial charge >= 0.3 is 0 Å². The molecule has 1 aliphatic heterocycles. The summed E-state index contributed by atoms with van der Waals surface area (Å²) < 4.78 is 0. The van der Waals surface area contributed by atoms with Gasteiger partial charge in [-0.15, -0.1) is 0 Å². The second-order valence-corrected chi connectivity index (χ2v) is 6.44. The molecule has 0 saturated carbocycles. The Morgan fingerprint density at radius 1 is 1.16 bits per heavy atom. The van der Waals surface area contributed by atoms with Gasteiger partial charge in [0.15, 0.2) is 0 Å². The Kier molecular flexibility index (Phi) is 5.24. The van der Waals surface area contributed by atoms with Crippen molar-refractivity contribution in [2.24, 2.45) is 0 Å². The first kappa shape index (κ1) is 17.3. The monoisotopic (exact) mass is 357 g/mol. The highest BCUT2D eigenvalue weighted by atomic mass is 35.5. The van der Waals surface area contributed by atoms with Crippen molar-refractivity contribution in [2.75, 3.05) is 22.1 Å². The third-order valence-electron chi connectivity index (χ3n) is 4.16. The average Bonchev–Trinajstić information content (AvgIpc) is 3.03. The fraction of sp³-hybridized carbons (Fsp3) is 0.263. The van der Waals surface area contributed by atoms with Crippen LogP contribution in [0.4, 0.5) is 17.1 Å². The van der Waals surface area contributed by atoms with E-state index in [4.69, 9.17) is 11.6 Å². The van der Waals surface area contributed by atoms with Gasteiger partial charge in [-0.3, -0.25) is 9.59 Å². The highest BCUT2D eigenvalue weighted by Crippen LogP contribution is 2.24. The fourth-order valence-corrected chi connectivity index (χ4v) is 2.96. The number of carbonyl (C=O) groups excluding carboxylic acids is 2. The Morgan fingerprint density at radius 2 is 1.88 bits per heavy atom. The minimum atomic E-state index is -0.435. The number of hydrogen-bond acceptors (Lipinski definition) is 3. The van der Waals surface area contributed by atoms with Crippen LogP contribution in [0.1, 0.15) is 19.8 Å². The number of carbonyl (C=O) groups is 2. The van der Waals surface area contributed by atoms with Gasteiger partial charge in [-0.2, -0.15) is 0 Å². The van der Waals surface area contributed by atoms with E-state index < -0.39 is 6.04 Å². The summed E-state index contributed by atoms with van der Waals surface area (Å²) in [5, 5.41) is 6.46. The van der Waals surface area contributed by atoms with Crippen LogP contribution in [0.25, 0.3) is 0 Å². The zero-order valence-electron chi connectivity index (χ0n) is 14.0. The van der Waals surface area contributed by atoms with Crippen LogP contribution in [0.5, 0.6) is 0 Å². The molecule has 0 aromatic heterocycles. The van der Waals surface area contributed by atoms with Crippen LogP contribution < -0.4 is 15.5 Å². The predicted octanol–water partition coefficient (Wildman–Crippen LogP) is 3.91. The van der Waals surface area contributed by atoms with Crippen molar-refractivity contribution < 1.29 is 9.59 Å². The number of hydrogen-bond donors (Lipinski definition) is 2. The van der Waals surface area contributed by atoms with E-state index in [0.29, 0.717) is 17.1 Å². The summed E-state index contributed by atoms with van der Waals surface area (Å²) in [5.41, 5.74) is 2.30. The highest BCUT2D eigenvalue weighted by molar-refractivity contribution is 6.33. The first-order chi connectivity index (χ1) is 12.0. The molecule has 1 saturated heterocycles. The molecule has 2 aromatic carbocycles. The van der Waals surface area contributed by atoms with Gasteiger partial charge in [0, 0.05) is 24.3 Å². The van der Waals surface area contributed by atoms with Gasteiger partial charge in [0.25, 0.3) is 0 Å². The van der Waals surface area contributed by atoms with E-state index in [2.05, 4.69) is 10.6 Å². The number of para-hydroxylation sites is 1. The first-order valence-corrected chi connectivity index (χ1v) is 8.65. The van der Waals surface area contributed by atoms with Gasteiger partial charge in [-0.05, 0) is 49.7 Å². The maximum Gasteiger partial charge on any atom is 0.246 e. The summed E-state index contributed by atoms with van der Waals surface area (Å²) >= 11 is 6.06. The van der Waals surface area contributed by atoms with Gasteiger partial charge in [0.2, 0.25) is 11.8 Å². The number of amides is 2. The maximum absolute atomic E-state index is 12.3. The summed E-state index contributed by atoms with van der Waals surface area (Å²) in [4.78, 5) is 25.9. The normalized spacial score (nSPS) is 15.1. The standard InChI is InChI=1S/C19H20ClN3O2/c1-13(19(25)22-17-6-3-2-5-16(17)20)21-14-8-10-15(11-9-14)23-12-4-7-18(23)24/h2-3,5-6,8-11,13,21H,4,7,12H2,1H3,(H,22,25)/t13-/m0/s1. The predicted molar refractivity (Wildman–Crippen MR) is 101 cm³/mol. The van der Waals surface area contributed by atoms with Crippen molar-refractivity contribution >= 4 is 40.5 Å². The molecule has 2 amide bonds. The van der Waals surface area contributed by atoms with Gasteiger partial charge in [0.05, 0.1) is 10.7 Å². The van der Waals surface area contributed by atoms with Gasteiger partial charge in [-0.1, -0.05) is 23.7 Å². The van der Waals surface area contributed by atoms with Crippen molar-refractivity contribution in [3.63, 3.8) is 0 Å². The molecule has 2 aromatic rings. The maximum atomic E-state index is 12.3. The summed E-state index contributed by atoms with van der Waals surface area (Å²) in [6.45, 7) is 2.55. The lowest BCUT2D eigenvalue weighted by atomic mass is 10.2. The molecule has 1 aliphatic rings. The number of nitrogens with one attached hydrogen (secondary N) is 2. The van der Waals surface area contributed by atoms with Crippen LogP contribution in [0.2, 0.25) is 5.02 Å². The molecule has 0 unspecified atom stereocenters. The molecular weight excluding hydrogens is 338 g/mol. The van der Waals surface area contributed by atoms with Crippen LogP contribution in [0.15, 0.2) is 48.5 Å². The van der Waals surface area contributed by atoms with Crippen molar-refractivity contribution in [1.29, 1.82) is 0 Å². The summed E-state index contributed by atoms with van der Waals surface area (Å²) in [7, 11) is 0. The van der Waals surface area contributed by atoms with Crippen LogP contribution in [-0.4, -0.2) is 24.4 Å². The smallest absolute Gasteiger partial charge is 0.246 e. The summed E-state index contributed by atoms with van der Waals surface area (Å²) in [6.07, 6.45) is 1.51. The molecule has 0 radical (unpaired) electrons. The van der Waals surface area contributed by atoms with Gasteiger partial charge in [0.1, 0.15) is 6.04 Å². The lowest BCUT2D eigenvalue weighted by Gasteiger charge is -2.18. The third kappa shape index (κ3) is 4.12. The molecule has 0 spiro atoms. The quantitative estimate of drug-likeness (QED) is 0.853. The van der Waals surface area contributed by atoms with E-state index in [1.54, 1.807) is 24.0 Å². The van der Waals surface area contributed by atoms with Gasteiger partial charge < -0.3 is 15.5 Å². The molecule has 5 nitrogen and oxygen atoms in total. The summed E-state index contributed by atoms with van der Waals surface area (Å²) in [5.74, 6) is -0.0138. The van der Waals surface area contributed by atoms with E-state index >= 15 is 0 Å². The Hall–Kier alpha value is -2.53. The first-order valence-electron chi connectivity index (χ1n) is 8.27. The molecule has 25 heavy (non-hydrogen) atoms. The zero-order chi connectivity index (χ0) is 17.8. The lowest BCUT2D eigenvalue weighted by Crippen LogP contribution is -2.32. The highest BCUT2D eigenvalue weighted by Gasteiger charge is 2.21. The van der Waals surface area contributed by atoms with E-state index in [1.165, 1.54) is 0 Å². The van der Waals surface area contributed by atoms with Crippen molar-refractivity contribution in [3.8, 4) is 0 Å². The largest absolute Gasteiger partial charge is 0.374 e. The lowest BCUT2D eigenvalue weighted by molar-refractivity contribution is -0.117. The SMILES string of the molecule is C[C@H](Nc1ccc(N2CCCC2=O)cc1)C(=O)Nc1ccccc1Cl. The molecule has 1 atom stereocenters. The molecule has 0 bridgehead atoms. The minimum absolute atomic E-state index is 0.160. The Balaban J connectivity index is 1.60. The molecule has 3 rings (SSSR count). The van der Waals surface area contributed by atoms with E-state index in [-0.39, 0.29) is 11.8 Å². The van der Waals surface area contributed by atoms with E-state index in [1.807, 2.05) is 36.4 Å². The molecule has 1 heterocycles. The number of rotatable bonds is 5. The molecule has 1 fully saturated rings. The number of nitrogens with zero attached hydrogens (tertiary/aromatic N) is 1. The fourth-order valence-electron chi connectivity index (χ4n) is 2.78. The third-order valence-corrected chi connectivity index (χ3v) is 4.49. The van der Waals surface area contributed by atoms with Crippen LogP contribution >= 0.6 is 11.6 Å². The van der Waals surface area contributed by atoms with E-state index in [9.17, 15) is 9.59 Å². The van der Waals surface area contributed by atoms with Crippen molar-refractivity contribution in [3.05, 3.63) is 53.6 Å². The number of halogens is 1. The minimum Gasteiger partial charge on any atom is -0.374 e. The Morgan fingerprint density at radius 3 is 2.52 bits per heavy atom. The second kappa shape index (κ2) is 7.57. The molecule has 130 valence electrons. The summed E-state index contributed by atoms with van der Waals surface area (Å²) in [6, 6.07) is 14.2. The van der Waals surface area contributed by atoms with Crippen LogP contribution in [-0.2, 0) is 9.59 Å². The van der Waals surface area contributed by atoms with Crippen LogP contribution in [0, 0.1) is 0 Å². The average molecular weight is 358 g/mol. The second-order valence-electron chi connectivity index (χ2n) is 6.03. The van der Waals surface area contributed by atoms with Crippen molar-refractivity contribution in [1.82, 2.24) is 0 Å². The van der Waals surface area contributed by atoms with Gasteiger partial charge in [-0.25, -0.2) is 0 Å². The van der Waals surface area contributed by atoms with Crippen molar-refractivity contribution in [2.45, 2.75) is 25.8 Å². The Labute approximate surface area is 152 Å². The number of benzene rings is 2. The molecule has 0 aliphatic carbocycles. The zero-order valence-corrected chi connectivity index (χ0v) is 14.7. The topological polar surface area (TPSA) is 61.4 Å². The molecule has 6 heteroatoms. The Bertz CT molecular complexity index is 776.